The van der Waals surface area contributed by atoms with Gasteiger partial charge < -0.3 is 62.5 Å². The maximum atomic E-state index is 13.5. The SMILES string of the molecule is CO[C@@]12[C@H](COC(N)=O)C3=C(C(=O)C(C)=C(N)C3=O)N1CC1[C@@H]2N1C(=O)OCc1ccc(SSC[C@H](NC(=O)CC[C@H](NC(=O)c2ccc(NCc3cnc4nc(N)[nH]c(=O)c4n3)cc2)C(=O)O)C(=O)O)cc1. The van der Waals surface area contributed by atoms with E-state index in [1.165, 1.54) is 48.1 Å². The third kappa shape index (κ3) is 10.3. The number of hydrogen-bond donors (Lipinski definition) is 9. The quantitative estimate of drug-likeness (QED) is 0.0332. The van der Waals surface area contributed by atoms with Crippen LogP contribution in [0.25, 0.3) is 11.2 Å². The number of Topliss-reactive ketones (excluding diaryl/α,β-unsaturated/α-hetero) is 2. The molecule has 0 bridgehead atoms. The number of nitrogens with two attached hydrogens (primary N) is 3. The Hall–Kier alpha value is -8.24. The van der Waals surface area contributed by atoms with E-state index < -0.39 is 102 Å². The summed E-state index contributed by atoms with van der Waals surface area (Å²) in [6.45, 7) is 1.18. The number of carboxylic acids is 2. The number of aliphatic carboxylic acids is 2. The van der Waals surface area contributed by atoms with Crippen molar-refractivity contribution in [1.82, 2.24) is 40.4 Å². The number of primary amides is 1. The van der Waals surface area contributed by atoms with E-state index in [0.717, 1.165) is 10.8 Å². The van der Waals surface area contributed by atoms with Gasteiger partial charge in [-0.15, -0.1) is 0 Å². The van der Waals surface area contributed by atoms with Crippen molar-refractivity contribution >= 4 is 91.9 Å². The minimum Gasteiger partial charge on any atom is -0.480 e. The lowest BCUT2D eigenvalue weighted by Crippen LogP contribution is -2.56. The van der Waals surface area contributed by atoms with Gasteiger partial charge in [0, 0.05) is 53.1 Å². The number of fused-ring (bicyclic) bond motifs is 5. The second kappa shape index (κ2) is 20.8. The number of amides is 4. The standard InChI is InChI=1S/C45H46N12O14S2/c1-19-31(46)35(60)30-25(17-70-43(48)67)45(69-2)36-28(15-56(45)33(30)34(19)59)57(36)44(68)71-16-20-3-9-24(10-4-20)73-72-18-27(41(65)66)52-29(58)12-11-26(40(63)64)53-38(61)21-5-7-22(8-6-21)49-13-23-14-50-37-32(51-23)39(62)55-42(47)54-37/h3-10,14,25-28,36,49H,11-13,15-18,46H2,1-2H3,(H2,48,67)(H,52,58)(H,53,61)(H,63,64)(H,65,66)(H3,47,50,54,55,62)/t25-,26+,27+,28?,36+,45-,57?/m1/s1. The molecule has 8 rings (SSSR count). The monoisotopic (exact) mass is 1040 g/mol. The Morgan fingerprint density at radius 3 is 2.33 bits per heavy atom. The van der Waals surface area contributed by atoms with Gasteiger partial charge in [-0.25, -0.2) is 29.1 Å². The fourth-order valence-electron chi connectivity index (χ4n) is 8.96. The van der Waals surface area contributed by atoms with E-state index >= 15 is 0 Å². The average molecular weight is 1040 g/mol. The number of methoxy groups -OCH3 is 1. The minimum absolute atomic E-state index is 0.0123. The van der Waals surface area contributed by atoms with Gasteiger partial charge in [-0.05, 0) is 55.3 Å². The highest BCUT2D eigenvalue weighted by Crippen LogP contribution is 2.60. The Balaban J connectivity index is 0.768. The van der Waals surface area contributed by atoms with Crippen molar-refractivity contribution < 1.29 is 62.8 Å². The molecule has 2 fully saturated rings. The third-order valence-corrected chi connectivity index (χ3v) is 15.0. The van der Waals surface area contributed by atoms with Gasteiger partial charge in [-0.3, -0.25) is 33.9 Å². The van der Waals surface area contributed by atoms with Crippen LogP contribution < -0.4 is 38.7 Å². The highest BCUT2D eigenvalue weighted by Gasteiger charge is 2.78. The molecular weight excluding hydrogens is 997 g/mol. The fourth-order valence-corrected chi connectivity index (χ4v) is 11.1. The summed E-state index contributed by atoms with van der Waals surface area (Å²) in [6, 6.07) is 8.93. The summed E-state index contributed by atoms with van der Waals surface area (Å²) in [7, 11) is 3.72. The number of nitrogens with zero attached hydrogens (tertiary/aromatic N) is 5. The van der Waals surface area contributed by atoms with Crippen LogP contribution in [0.2, 0.25) is 0 Å². The Morgan fingerprint density at radius 2 is 1.66 bits per heavy atom. The summed E-state index contributed by atoms with van der Waals surface area (Å²) in [5, 5.41) is 27.5. The molecule has 1 aliphatic carbocycles. The summed E-state index contributed by atoms with van der Waals surface area (Å²) in [5.74, 6) is -6.44. The molecule has 4 aliphatic rings. The second-order valence-corrected chi connectivity index (χ2v) is 19.4. The van der Waals surface area contributed by atoms with Crippen molar-refractivity contribution in [3.8, 4) is 0 Å². The molecule has 26 nitrogen and oxygen atoms in total. The molecule has 12 N–H and O–H groups in total. The molecule has 28 heteroatoms. The number of nitrogens with one attached hydrogen (secondary N) is 4. The lowest BCUT2D eigenvalue weighted by atomic mass is 9.82. The Kier molecular flexibility index (Phi) is 14.6. The molecule has 5 heterocycles. The first-order valence-electron chi connectivity index (χ1n) is 22.1. The number of hydrogen-bond acceptors (Lipinski definition) is 21. The molecule has 2 aromatic heterocycles. The van der Waals surface area contributed by atoms with Crippen molar-refractivity contribution in [2.75, 3.05) is 37.1 Å². The van der Waals surface area contributed by atoms with E-state index in [4.69, 9.17) is 31.4 Å². The molecule has 3 aliphatic heterocycles. The number of anilines is 2. The zero-order chi connectivity index (χ0) is 52.5. The average Bonchev–Trinajstić information content (AvgIpc) is 3.88. The van der Waals surface area contributed by atoms with Gasteiger partial charge in [0.1, 0.15) is 31.3 Å². The van der Waals surface area contributed by atoms with Crippen molar-refractivity contribution in [2.45, 2.75) is 67.7 Å². The molecule has 2 saturated heterocycles. The normalized spacial score (nSPS) is 20.4. The zero-order valence-corrected chi connectivity index (χ0v) is 40.2. The van der Waals surface area contributed by atoms with Crippen molar-refractivity contribution in [3.63, 3.8) is 0 Å². The van der Waals surface area contributed by atoms with E-state index in [1.54, 1.807) is 41.3 Å². The van der Waals surface area contributed by atoms with Crippen molar-refractivity contribution in [1.29, 1.82) is 0 Å². The summed E-state index contributed by atoms with van der Waals surface area (Å²) in [6.07, 6.45) is -1.12. The van der Waals surface area contributed by atoms with Crippen LogP contribution in [-0.2, 0) is 51.3 Å². The van der Waals surface area contributed by atoms with E-state index in [2.05, 4.69) is 35.9 Å². The van der Waals surface area contributed by atoms with E-state index in [1.807, 2.05) is 0 Å². The summed E-state index contributed by atoms with van der Waals surface area (Å²) in [4.78, 5) is 132. The number of benzene rings is 2. The summed E-state index contributed by atoms with van der Waals surface area (Å²) < 4.78 is 16.8. The van der Waals surface area contributed by atoms with Crippen LogP contribution >= 0.6 is 21.6 Å². The number of carbonyl (C=O) groups is 8. The van der Waals surface area contributed by atoms with Crippen molar-refractivity contribution in [2.24, 2.45) is 17.4 Å². The van der Waals surface area contributed by atoms with E-state index in [0.29, 0.717) is 21.8 Å². The van der Waals surface area contributed by atoms with Crippen LogP contribution in [0.4, 0.5) is 21.2 Å². The first kappa shape index (κ1) is 51.1. The third-order valence-electron chi connectivity index (χ3n) is 12.6. The number of ketones is 2. The first-order valence-corrected chi connectivity index (χ1v) is 24.4. The molecular formula is C45H46N12O14S2. The van der Waals surface area contributed by atoms with Crippen LogP contribution in [-0.4, -0.2) is 143 Å². The minimum atomic E-state index is -1.47. The molecule has 73 heavy (non-hydrogen) atoms. The maximum absolute atomic E-state index is 13.5. The highest BCUT2D eigenvalue weighted by atomic mass is 33.1. The summed E-state index contributed by atoms with van der Waals surface area (Å²) in [5.41, 5.74) is 16.6. The Bertz CT molecular complexity index is 3080. The zero-order valence-electron chi connectivity index (χ0n) is 38.6. The Labute approximate surface area is 420 Å². The molecule has 2 aromatic carbocycles. The number of allylic oxidation sites excluding steroid dienone is 2. The van der Waals surface area contributed by atoms with E-state index in [-0.39, 0.29) is 77.1 Å². The largest absolute Gasteiger partial charge is 0.480 e. The maximum Gasteiger partial charge on any atom is 0.410 e. The number of carboxylic acid groups (broad SMARTS) is 2. The van der Waals surface area contributed by atoms with Crippen LogP contribution in [0.15, 0.2) is 87.0 Å². The van der Waals surface area contributed by atoms with Gasteiger partial charge in [0.05, 0.1) is 41.8 Å². The lowest BCUT2D eigenvalue weighted by Gasteiger charge is -2.40. The fraction of sp³-hybridized carbons (Fsp3) is 0.333. The van der Waals surface area contributed by atoms with Crippen LogP contribution in [0.5, 0.6) is 0 Å². The molecule has 382 valence electrons. The lowest BCUT2D eigenvalue weighted by molar-refractivity contribution is -0.144. The topological polar surface area (TPSA) is 397 Å². The number of piperazine rings is 1. The highest BCUT2D eigenvalue weighted by molar-refractivity contribution is 8.76. The molecule has 0 spiro atoms. The van der Waals surface area contributed by atoms with Gasteiger partial charge >= 0.3 is 24.1 Å². The number of rotatable bonds is 20. The molecule has 0 saturated carbocycles. The predicted octanol–water partition coefficient (Wildman–Crippen LogP) is 0.592. The number of carbonyl (C=O) groups excluding carboxylic acids is 6. The smallest absolute Gasteiger partial charge is 0.410 e. The summed E-state index contributed by atoms with van der Waals surface area (Å²) >= 11 is 0. The van der Waals surface area contributed by atoms with Gasteiger partial charge in [0.25, 0.3) is 11.5 Å². The predicted molar refractivity (Wildman–Crippen MR) is 258 cm³/mol. The molecule has 4 amide bonds. The Morgan fingerprint density at radius 1 is 0.945 bits per heavy atom. The molecule has 4 aromatic rings. The van der Waals surface area contributed by atoms with Crippen LogP contribution in [0.3, 0.4) is 0 Å². The number of ether oxygens (including phenoxy) is 3. The number of nitrogen functional groups attached to an aromatic ring is 1. The molecule has 1 unspecified atom stereocenters. The van der Waals surface area contributed by atoms with Gasteiger partial charge in [-0.2, -0.15) is 4.98 Å². The second-order valence-electron chi connectivity index (χ2n) is 17.0. The van der Waals surface area contributed by atoms with Crippen LogP contribution in [0.1, 0.15) is 41.4 Å². The van der Waals surface area contributed by atoms with Gasteiger partial charge in [0.2, 0.25) is 23.4 Å². The number of aromatic amines is 1. The number of aromatic nitrogens is 4. The van der Waals surface area contributed by atoms with E-state index in [9.17, 15) is 53.4 Å². The van der Waals surface area contributed by atoms with Crippen LogP contribution in [0, 0.1) is 5.92 Å². The van der Waals surface area contributed by atoms with Crippen molar-refractivity contribution in [3.05, 3.63) is 104 Å². The molecule has 6 atom stereocenters. The first-order chi connectivity index (χ1) is 34.8. The van der Waals surface area contributed by atoms with Gasteiger partial charge in [-0.1, -0.05) is 33.7 Å². The van der Waals surface area contributed by atoms with Gasteiger partial charge in [0.15, 0.2) is 16.9 Å². The molecule has 0 radical (unpaired) electrons. The number of H-pyrrole nitrogens is 1.